The molecule has 0 spiro atoms. The molecule has 3 N–H and O–H groups in total. The molecule has 0 saturated carbocycles. The van der Waals surface area contributed by atoms with E-state index in [0.29, 0.717) is 12.1 Å². The van der Waals surface area contributed by atoms with Crippen molar-refractivity contribution in [3.63, 3.8) is 0 Å². The Balaban J connectivity index is 1.88. The zero-order valence-electron chi connectivity index (χ0n) is 16.2. The first kappa shape index (κ1) is 21.1. The zero-order valence-corrected chi connectivity index (χ0v) is 16.2. The fraction of sp³-hybridized carbons (Fsp3) is 0.421. The van der Waals surface area contributed by atoms with Crippen LogP contribution in [0.3, 0.4) is 0 Å². The Labute approximate surface area is 163 Å². The molecule has 28 heavy (non-hydrogen) atoms. The van der Waals surface area contributed by atoms with E-state index in [9.17, 15) is 14.4 Å². The molecule has 0 radical (unpaired) electrons. The number of nitrogens with zero attached hydrogens (tertiary/aromatic N) is 3. The summed E-state index contributed by atoms with van der Waals surface area (Å²) in [6.45, 7) is 5.25. The summed E-state index contributed by atoms with van der Waals surface area (Å²) < 4.78 is 1.64. The van der Waals surface area contributed by atoms with Gasteiger partial charge in [0.1, 0.15) is 6.04 Å². The maximum atomic E-state index is 12.1. The molecule has 0 bridgehead atoms. The molecule has 0 unspecified atom stereocenters. The number of nitrogens with one attached hydrogen (secondary N) is 2. The van der Waals surface area contributed by atoms with E-state index in [-0.39, 0.29) is 18.9 Å². The van der Waals surface area contributed by atoms with Gasteiger partial charge in [0.25, 0.3) is 0 Å². The number of amides is 2. The monoisotopic (exact) mass is 387 g/mol. The van der Waals surface area contributed by atoms with E-state index in [2.05, 4.69) is 20.9 Å². The van der Waals surface area contributed by atoms with Crippen molar-refractivity contribution in [1.82, 2.24) is 25.6 Å². The van der Waals surface area contributed by atoms with E-state index >= 15 is 0 Å². The fourth-order valence-electron chi connectivity index (χ4n) is 2.67. The lowest BCUT2D eigenvalue weighted by Crippen LogP contribution is -2.46. The topological polar surface area (TPSA) is 126 Å². The van der Waals surface area contributed by atoms with Gasteiger partial charge in [-0.2, -0.15) is 0 Å². The average molecular weight is 387 g/mol. The normalized spacial score (nSPS) is 11.9. The molecule has 0 aliphatic rings. The van der Waals surface area contributed by atoms with Crippen molar-refractivity contribution in [3.8, 4) is 5.69 Å². The Hall–Kier alpha value is -3.23. The number of para-hydroxylation sites is 1. The molecule has 1 aromatic heterocycles. The minimum absolute atomic E-state index is 0.0275. The summed E-state index contributed by atoms with van der Waals surface area (Å²) in [6.07, 6.45) is 0.289. The highest BCUT2D eigenvalue weighted by atomic mass is 16.4. The van der Waals surface area contributed by atoms with Gasteiger partial charge in [0.2, 0.25) is 11.8 Å². The molecule has 1 atom stereocenters. The number of aromatic nitrogens is 3. The van der Waals surface area contributed by atoms with Gasteiger partial charge in [0, 0.05) is 0 Å². The number of benzene rings is 1. The number of rotatable bonds is 9. The summed E-state index contributed by atoms with van der Waals surface area (Å²) in [4.78, 5) is 35.2. The van der Waals surface area contributed by atoms with Gasteiger partial charge in [-0.25, -0.2) is 9.48 Å². The first-order valence-corrected chi connectivity index (χ1v) is 9.03. The van der Waals surface area contributed by atoms with Crippen molar-refractivity contribution in [3.05, 3.63) is 41.7 Å². The van der Waals surface area contributed by atoms with Crippen LogP contribution in [-0.4, -0.2) is 50.5 Å². The van der Waals surface area contributed by atoms with Crippen LogP contribution < -0.4 is 10.6 Å². The predicted molar refractivity (Wildman–Crippen MR) is 102 cm³/mol. The highest BCUT2D eigenvalue weighted by molar-refractivity contribution is 5.88. The lowest BCUT2D eigenvalue weighted by atomic mass is 10.0. The lowest BCUT2D eigenvalue weighted by Gasteiger charge is -2.16. The summed E-state index contributed by atoms with van der Waals surface area (Å²) in [5.74, 6) is -1.92. The Bertz CT molecular complexity index is 832. The van der Waals surface area contributed by atoms with Crippen LogP contribution in [0.5, 0.6) is 0 Å². The fourth-order valence-corrected chi connectivity index (χ4v) is 2.67. The van der Waals surface area contributed by atoms with Gasteiger partial charge in [0.15, 0.2) is 0 Å². The molecule has 2 aromatic rings. The highest BCUT2D eigenvalue weighted by Crippen LogP contribution is 2.12. The molecule has 9 heteroatoms. The van der Waals surface area contributed by atoms with E-state index in [0.717, 1.165) is 11.4 Å². The second-order valence-electron chi connectivity index (χ2n) is 6.91. The van der Waals surface area contributed by atoms with Crippen molar-refractivity contribution < 1.29 is 19.5 Å². The van der Waals surface area contributed by atoms with Crippen LogP contribution >= 0.6 is 0 Å². The second-order valence-corrected chi connectivity index (χ2v) is 6.91. The van der Waals surface area contributed by atoms with Gasteiger partial charge in [-0.05, 0) is 31.4 Å². The molecule has 150 valence electrons. The lowest BCUT2D eigenvalue weighted by molar-refractivity contribution is -0.142. The molecule has 0 fully saturated rings. The number of carbonyl (C=O) groups is 3. The number of carboxylic acid groups (broad SMARTS) is 1. The molecule has 9 nitrogen and oxygen atoms in total. The number of hydrogen-bond donors (Lipinski definition) is 3. The zero-order chi connectivity index (χ0) is 20.7. The van der Waals surface area contributed by atoms with Crippen LogP contribution in [0.25, 0.3) is 5.69 Å². The first-order valence-electron chi connectivity index (χ1n) is 9.03. The summed E-state index contributed by atoms with van der Waals surface area (Å²) in [5.41, 5.74) is 2.07. The molecule has 2 rings (SSSR count). The maximum Gasteiger partial charge on any atom is 0.326 e. The van der Waals surface area contributed by atoms with Crippen LogP contribution in [0, 0.1) is 12.8 Å². The van der Waals surface area contributed by atoms with Crippen LogP contribution in [0.4, 0.5) is 0 Å². The van der Waals surface area contributed by atoms with Crippen molar-refractivity contribution >= 4 is 17.8 Å². The molecule has 0 aliphatic heterocycles. The third kappa shape index (κ3) is 5.90. The van der Waals surface area contributed by atoms with E-state index in [4.69, 9.17) is 5.11 Å². The van der Waals surface area contributed by atoms with Crippen molar-refractivity contribution in [2.75, 3.05) is 6.54 Å². The summed E-state index contributed by atoms with van der Waals surface area (Å²) in [6, 6.07) is 8.44. The van der Waals surface area contributed by atoms with Crippen LogP contribution in [0.15, 0.2) is 30.3 Å². The number of carbonyl (C=O) groups excluding carboxylic acids is 2. The van der Waals surface area contributed by atoms with E-state index < -0.39 is 23.8 Å². The quantitative estimate of drug-likeness (QED) is 0.586. The maximum absolute atomic E-state index is 12.1. The van der Waals surface area contributed by atoms with Crippen LogP contribution in [-0.2, 0) is 20.8 Å². The van der Waals surface area contributed by atoms with Crippen LogP contribution in [0.1, 0.15) is 31.7 Å². The van der Waals surface area contributed by atoms with Gasteiger partial charge < -0.3 is 15.7 Å². The minimum atomic E-state index is -1.10. The van der Waals surface area contributed by atoms with Crippen molar-refractivity contribution in [1.29, 1.82) is 0 Å². The van der Waals surface area contributed by atoms with Gasteiger partial charge in [-0.3, -0.25) is 9.59 Å². The molecule has 2 amide bonds. The average Bonchev–Trinajstić information content (AvgIpc) is 3.00. The summed E-state index contributed by atoms with van der Waals surface area (Å²) in [5, 5.41) is 22.2. The smallest absolute Gasteiger partial charge is 0.326 e. The molecule has 1 aromatic carbocycles. The first-order chi connectivity index (χ1) is 13.3. The molecule has 0 saturated heterocycles. The summed E-state index contributed by atoms with van der Waals surface area (Å²) in [7, 11) is 0. The standard InChI is InChI=1S/C19H25N5O4/c1-12(2)9-16(19(27)28)21-18(26)11-20-17(25)10-15-13(3)24(23-22-15)14-7-5-4-6-8-14/h4-8,12,16H,9-11H2,1-3H3,(H,20,25)(H,21,26)(H,27,28)/t16-/m0/s1. The Morgan fingerprint density at radius 2 is 1.82 bits per heavy atom. The number of hydrogen-bond acceptors (Lipinski definition) is 5. The third-order valence-electron chi connectivity index (χ3n) is 4.11. The predicted octanol–water partition coefficient (Wildman–Crippen LogP) is 0.850. The molecule has 1 heterocycles. The van der Waals surface area contributed by atoms with E-state index in [1.807, 2.05) is 51.1 Å². The van der Waals surface area contributed by atoms with Crippen molar-refractivity contribution in [2.45, 2.75) is 39.7 Å². The van der Waals surface area contributed by atoms with Gasteiger partial charge in [-0.15, -0.1) is 5.10 Å². The molecular formula is C19H25N5O4. The summed E-state index contributed by atoms with van der Waals surface area (Å²) >= 11 is 0. The van der Waals surface area contributed by atoms with Gasteiger partial charge in [-0.1, -0.05) is 37.3 Å². The SMILES string of the molecule is Cc1c(CC(=O)NCC(=O)N[C@@H](CC(C)C)C(=O)O)nnn1-c1ccccc1. The molecular weight excluding hydrogens is 362 g/mol. The number of carboxylic acids is 1. The van der Waals surface area contributed by atoms with Crippen molar-refractivity contribution in [2.24, 2.45) is 5.92 Å². The highest BCUT2D eigenvalue weighted by Gasteiger charge is 2.21. The van der Waals surface area contributed by atoms with Gasteiger partial charge in [0.05, 0.1) is 30.0 Å². The Kier molecular flexibility index (Phi) is 7.25. The van der Waals surface area contributed by atoms with E-state index in [1.54, 1.807) is 4.68 Å². The second kappa shape index (κ2) is 9.63. The van der Waals surface area contributed by atoms with Crippen LogP contribution in [0.2, 0.25) is 0 Å². The third-order valence-corrected chi connectivity index (χ3v) is 4.11. The molecule has 0 aliphatic carbocycles. The number of aliphatic carboxylic acids is 1. The van der Waals surface area contributed by atoms with E-state index in [1.165, 1.54) is 0 Å². The Morgan fingerprint density at radius 3 is 2.43 bits per heavy atom. The van der Waals surface area contributed by atoms with Gasteiger partial charge >= 0.3 is 5.97 Å². The minimum Gasteiger partial charge on any atom is -0.480 e. The largest absolute Gasteiger partial charge is 0.480 e. The Morgan fingerprint density at radius 1 is 1.14 bits per heavy atom.